The van der Waals surface area contributed by atoms with Crippen molar-refractivity contribution in [2.75, 3.05) is 24.6 Å². The van der Waals surface area contributed by atoms with E-state index in [1.54, 1.807) is 6.07 Å². The van der Waals surface area contributed by atoms with Crippen molar-refractivity contribution >= 4 is 23.3 Å². The lowest BCUT2D eigenvalue weighted by Gasteiger charge is -2.41. The molecule has 4 heterocycles. The number of morpholine rings is 1. The Labute approximate surface area is 192 Å². The molecule has 0 radical (unpaired) electrons. The van der Waals surface area contributed by atoms with Crippen LogP contribution in [-0.4, -0.2) is 58.6 Å². The number of benzene rings is 1. The summed E-state index contributed by atoms with van der Waals surface area (Å²) < 4.78 is 6.12. The van der Waals surface area contributed by atoms with Gasteiger partial charge in [0.1, 0.15) is 23.4 Å². The Morgan fingerprint density at radius 1 is 1.31 bits per heavy atom. The predicted molar refractivity (Wildman–Crippen MR) is 119 cm³/mol. The van der Waals surface area contributed by atoms with E-state index in [1.807, 2.05) is 36.1 Å². The fourth-order valence-corrected chi connectivity index (χ4v) is 5.35. The van der Waals surface area contributed by atoms with Gasteiger partial charge in [-0.15, -0.1) is 0 Å². The van der Waals surface area contributed by atoms with Crippen LogP contribution < -0.4 is 10.2 Å². The van der Waals surface area contributed by atoms with Crippen LogP contribution in [0.5, 0.6) is 0 Å². The molecule has 2 bridgehead atoms. The van der Waals surface area contributed by atoms with E-state index in [2.05, 4.69) is 26.4 Å². The fourth-order valence-electron chi connectivity index (χ4n) is 5.23. The molecule has 5 rings (SSSR count). The number of amides is 1. The van der Waals surface area contributed by atoms with E-state index in [-0.39, 0.29) is 24.0 Å². The first kappa shape index (κ1) is 21.0. The monoisotopic (exact) mass is 452 g/mol. The van der Waals surface area contributed by atoms with Crippen molar-refractivity contribution in [1.29, 1.82) is 5.26 Å². The average Bonchev–Trinajstić information content (AvgIpc) is 3.36. The van der Waals surface area contributed by atoms with Gasteiger partial charge in [-0.1, -0.05) is 23.7 Å². The van der Waals surface area contributed by atoms with Crippen molar-refractivity contribution in [2.45, 2.75) is 49.9 Å². The quantitative estimate of drug-likeness (QED) is 0.712. The standard InChI is InChI=1S/C23H25ClN6O2/c1-23(15-2-4-16(24)5-3-15)12-29(8-9-32-23)21-11-19(26-14-27-21)22(31)28-18-10-17-6-7-20(18)30(17)13-25/h2-5,11,14,17-18,20H,6-10,12H2,1H3,(H,28,31)/t17-,18+,20+,23-/m0/s1. The molecule has 0 spiro atoms. The first-order chi connectivity index (χ1) is 15.5. The molecule has 0 aliphatic carbocycles. The topological polar surface area (TPSA) is 94.4 Å². The van der Waals surface area contributed by atoms with Crippen LogP contribution in [0.1, 0.15) is 42.2 Å². The molecular formula is C23H25ClN6O2. The third kappa shape index (κ3) is 3.76. The molecule has 0 saturated carbocycles. The molecule has 3 aliphatic rings. The number of rotatable bonds is 4. The summed E-state index contributed by atoms with van der Waals surface area (Å²) in [5, 5.41) is 13.1. The number of nitriles is 1. The zero-order valence-electron chi connectivity index (χ0n) is 17.9. The highest BCUT2D eigenvalue weighted by atomic mass is 35.5. The smallest absolute Gasteiger partial charge is 0.270 e. The van der Waals surface area contributed by atoms with Gasteiger partial charge < -0.3 is 19.9 Å². The minimum atomic E-state index is -0.514. The number of aromatic nitrogens is 2. The molecule has 1 amide bonds. The van der Waals surface area contributed by atoms with E-state index >= 15 is 0 Å². The Balaban J connectivity index is 1.30. The largest absolute Gasteiger partial charge is 0.367 e. The number of halogens is 1. The normalized spacial score (nSPS) is 29.1. The number of hydrogen-bond acceptors (Lipinski definition) is 7. The highest BCUT2D eigenvalue weighted by Gasteiger charge is 2.46. The fraction of sp³-hybridized carbons (Fsp3) is 0.478. The number of nitrogens with one attached hydrogen (secondary N) is 1. The van der Waals surface area contributed by atoms with Crippen molar-refractivity contribution in [3.8, 4) is 6.19 Å². The number of fused-ring (bicyclic) bond motifs is 2. The number of carbonyl (C=O) groups is 1. The van der Waals surface area contributed by atoms with Crippen molar-refractivity contribution in [3.63, 3.8) is 0 Å². The van der Waals surface area contributed by atoms with Crippen molar-refractivity contribution < 1.29 is 9.53 Å². The highest BCUT2D eigenvalue weighted by Crippen LogP contribution is 2.37. The summed E-state index contributed by atoms with van der Waals surface area (Å²) in [6.07, 6.45) is 6.48. The molecule has 4 atom stereocenters. The summed E-state index contributed by atoms with van der Waals surface area (Å²) >= 11 is 6.04. The van der Waals surface area contributed by atoms with Gasteiger partial charge in [0.2, 0.25) is 0 Å². The van der Waals surface area contributed by atoms with Crippen molar-refractivity contribution in [1.82, 2.24) is 20.2 Å². The van der Waals surface area contributed by atoms with E-state index < -0.39 is 5.60 Å². The molecule has 1 N–H and O–H groups in total. The minimum Gasteiger partial charge on any atom is -0.367 e. The van der Waals surface area contributed by atoms with E-state index in [0.29, 0.717) is 36.2 Å². The third-order valence-electron chi connectivity index (χ3n) is 6.91. The molecule has 3 saturated heterocycles. The molecule has 3 fully saturated rings. The van der Waals surface area contributed by atoms with Gasteiger partial charge in [0, 0.05) is 23.7 Å². The predicted octanol–water partition coefficient (Wildman–Crippen LogP) is 2.70. The van der Waals surface area contributed by atoms with Gasteiger partial charge in [-0.3, -0.25) is 4.79 Å². The zero-order chi connectivity index (χ0) is 22.3. The van der Waals surface area contributed by atoms with Gasteiger partial charge in [0.25, 0.3) is 5.91 Å². The maximum atomic E-state index is 12.9. The minimum absolute atomic E-state index is 0.0177. The second-order valence-electron chi connectivity index (χ2n) is 8.89. The van der Waals surface area contributed by atoms with Crippen LogP contribution in [0.25, 0.3) is 0 Å². The van der Waals surface area contributed by atoms with Gasteiger partial charge in [-0.2, -0.15) is 5.26 Å². The Morgan fingerprint density at radius 3 is 2.88 bits per heavy atom. The molecule has 1 aromatic heterocycles. The Morgan fingerprint density at radius 2 is 2.12 bits per heavy atom. The summed E-state index contributed by atoms with van der Waals surface area (Å²) in [6.45, 7) is 3.86. The number of ether oxygens (including phenoxy) is 1. The maximum absolute atomic E-state index is 12.9. The highest BCUT2D eigenvalue weighted by molar-refractivity contribution is 6.30. The molecule has 32 heavy (non-hydrogen) atoms. The zero-order valence-corrected chi connectivity index (χ0v) is 18.6. The molecular weight excluding hydrogens is 428 g/mol. The summed E-state index contributed by atoms with van der Waals surface area (Å²) in [4.78, 5) is 25.5. The molecule has 9 heteroatoms. The van der Waals surface area contributed by atoms with E-state index in [4.69, 9.17) is 16.3 Å². The van der Waals surface area contributed by atoms with Crippen LogP contribution in [0.15, 0.2) is 36.7 Å². The number of hydrogen-bond donors (Lipinski definition) is 1. The van der Waals surface area contributed by atoms with Crippen molar-refractivity contribution in [2.24, 2.45) is 0 Å². The van der Waals surface area contributed by atoms with E-state index in [0.717, 1.165) is 24.8 Å². The Hall–Kier alpha value is -2.89. The Bertz CT molecular complexity index is 1060. The molecule has 3 aliphatic heterocycles. The maximum Gasteiger partial charge on any atom is 0.270 e. The second kappa shape index (κ2) is 8.23. The van der Waals surface area contributed by atoms with Crippen LogP contribution >= 0.6 is 11.6 Å². The third-order valence-corrected chi connectivity index (χ3v) is 7.16. The molecule has 0 unspecified atom stereocenters. The summed E-state index contributed by atoms with van der Waals surface area (Å²) in [6, 6.07) is 9.73. The van der Waals surface area contributed by atoms with E-state index in [1.165, 1.54) is 6.33 Å². The second-order valence-corrected chi connectivity index (χ2v) is 9.33. The SMILES string of the molecule is C[C@@]1(c2ccc(Cl)cc2)CN(c2cc(C(=O)N[C@@H]3C[C@@H]4CC[C@H]3N4C#N)ncn2)CCO1. The number of nitrogens with zero attached hydrogens (tertiary/aromatic N) is 5. The van der Waals surface area contributed by atoms with Crippen LogP contribution in [0, 0.1) is 11.5 Å². The van der Waals surface area contributed by atoms with Gasteiger partial charge in [-0.25, -0.2) is 9.97 Å². The summed E-state index contributed by atoms with van der Waals surface area (Å²) in [5.74, 6) is 0.470. The van der Waals surface area contributed by atoms with Crippen molar-refractivity contribution in [3.05, 3.63) is 52.9 Å². The first-order valence-corrected chi connectivity index (χ1v) is 11.3. The van der Waals surface area contributed by atoms with Crippen LogP contribution in [0.4, 0.5) is 5.82 Å². The number of carbonyl (C=O) groups excluding carboxylic acids is 1. The summed E-state index contributed by atoms with van der Waals surface area (Å²) in [7, 11) is 0. The van der Waals surface area contributed by atoms with Gasteiger partial charge in [0.15, 0.2) is 6.19 Å². The lowest BCUT2D eigenvalue weighted by atomic mass is 9.94. The van der Waals surface area contributed by atoms with Crippen LogP contribution in [0.2, 0.25) is 5.02 Å². The molecule has 8 nitrogen and oxygen atoms in total. The first-order valence-electron chi connectivity index (χ1n) is 10.9. The Kier molecular flexibility index (Phi) is 5.39. The van der Waals surface area contributed by atoms with Gasteiger partial charge in [0.05, 0.1) is 25.2 Å². The van der Waals surface area contributed by atoms with Gasteiger partial charge in [-0.05, 0) is 43.9 Å². The average molecular weight is 453 g/mol. The van der Waals surface area contributed by atoms with Crippen LogP contribution in [0.3, 0.4) is 0 Å². The molecule has 2 aromatic rings. The number of anilines is 1. The molecule has 166 valence electrons. The van der Waals surface area contributed by atoms with Crippen LogP contribution in [-0.2, 0) is 10.3 Å². The summed E-state index contributed by atoms with van der Waals surface area (Å²) in [5.41, 5.74) is 0.859. The lowest BCUT2D eigenvalue weighted by molar-refractivity contribution is -0.0468. The molecule has 1 aromatic carbocycles. The van der Waals surface area contributed by atoms with Gasteiger partial charge >= 0.3 is 0 Å². The lowest BCUT2D eigenvalue weighted by Crippen LogP contribution is -2.48. The van der Waals surface area contributed by atoms with E-state index in [9.17, 15) is 10.1 Å².